The number of hydrogen-bond acceptors (Lipinski definition) is 3. The quantitative estimate of drug-likeness (QED) is 0.736. The summed E-state index contributed by atoms with van der Waals surface area (Å²) < 4.78 is 1.86. The number of rotatable bonds is 3. The lowest BCUT2D eigenvalue weighted by Crippen LogP contribution is -2.15. The first-order valence-electron chi connectivity index (χ1n) is 7.58. The Kier molecular flexibility index (Phi) is 4.09. The van der Waals surface area contributed by atoms with Gasteiger partial charge in [-0.2, -0.15) is 0 Å². The molecule has 2 aromatic carbocycles. The number of thiazole rings is 1. The lowest BCUT2D eigenvalue weighted by molar-refractivity contribution is 0.790. The molecule has 4 heteroatoms. The van der Waals surface area contributed by atoms with E-state index in [1.165, 1.54) is 22.5 Å². The van der Waals surface area contributed by atoms with Gasteiger partial charge in [0.15, 0.2) is 0 Å². The molecule has 1 aromatic heterocycles. The number of benzene rings is 2. The number of nitrogen functional groups attached to an aromatic ring is 1. The summed E-state index contributed by atoms with van der Waals surface area (Å²) >= 11 is 1.31. The minimum absolute atomic E-state index is 0.0781. The third-order valence-electron chi connectivity index (χ3n) is 4.02. The summed E-state index contributed by atoms with van der Waals surface area (Å²) in [6.07, 6.45) is 0. The Morgan fingerprint density at radius 3 is 2.39 bits per heavy atom. The van der Waals surface area contributed by atoms with Crippen LogP contribution in [0.2, 0.25) is 0 Å². The average molecular weight is 324 g/mol. The van der Waals surface area contributed by atoms with Crippen LogP contribution in [0.1, 0.15) is 21.6 Å². The van der Waals surface area contributed by atoms with Gasteiger partial charge < -0.3 is 5.73 Å². The summed E-state index contributed by atoms with van der Waals surface area (Å²) in [4.78, 5) is 13.6. The Hall–Kier alpha value is -2.33. The second kappa shape index (κ2) is 6.05. The highest BCUT2D eigenvalue weighted by Crippen LogP contribution is 2.29. The van der Waals surface area contributed by atoms with Crippen molar-refractivity contribution in [2.24, 2.45) is 0 Å². The van der Waals surface area contributed by atoms with Crippen LogP contribution in [0.4, 0.5) is 5.69 Å². The Bertz CT molecular complexity index is 904. The van der Waals surface area contributed by atoms with Gasteiger partial charge in [-0.25, -0.2) is 0 Å². The number of hydrogen-bond donors (Lipinski definition) is 1. The lowest BCUT2D eigenvalue weighted by atomic mass is 10.0. The van der Waals surface area contributed by atoms with Crippen molar-refractivity contribution in [3.05, 3.63) is 73.7 Å². The number of aromatic nitrogens is 1. The number of anilines is 1. The zero-order valence-electron chi connectivity index (χ0n) is 13.6. The Labute approximate surface area is 140 Å². The van der Waals surface area contributed by atoms with Crippen LogP contribution in [0, 0.1) is 20.8 Å². The van der Waals surface area contributed by atoms with E-state index in [1.807, 2.05) is 35.8 Å². The summed E-state index contributed by atoms with van der Waals surface area (Å²) in [6.45, 7) is 6.75. The largest absolute Gasteiger partial charge is 0.399 e. The van der Waals surface area contributed by atoms with E-state index in [-0.39, 0.29) is 4.87 Å². The molecule has 0 aliphatic carbocycles. The van der Waals surface area contributed by atoms with Crippen molar-refractivity contribution in [1.29, 1.82) is 0 Å². The maximum Gasteiger partial charge on any atom is 0.308 e. The highest BCUT2D eigenvalue weighted by atomic mass is 32.1. The molecule has 0 amide bonds. The summed E-state index contributed by atoms with van der Waals surface area (Å²) in [6, 6.07) is 14.1. The monoisotopic (exact) mass is 324 g/mol. The molecule has 0 radical (unpaired) electrons. The van der Waals surface area contributed by atoms with Crippen molar-refractivity contribution in [3.63, 3.8) is 0 Å². The van der Waals surface area contributed by atoms with E-state index in [1.54, 1.807) is 0 Å². The van der Waals surface area contributed by atoms with Crippen LogP contribution in [0.5, 0.6) is 0 Å². The van der Waals surface area contributed by atoms with Gasteiger partial charge in [-0.3, -0.25) is 9.36 Å². The van der Waals surface area contributed by atoms with Gasteiger partial charge in [0.25, 0.3) is 0 Å². The molecule has 23 heavy (non-hydrogen) atoms. The first-order valence-corrected chi connectivity index (χ1v) is 8.39. The molecule has 0 unspecified atom stereocenters. The molecule has 0 bridgehead atoms. The van der Waals surface area contributed by atoms with Gasteiger partial charge in [0.05, 0.1) is 12.2 Å². The van der Waals surface area contributed by atoms with Crippen LogP contribution in [0.3, 0.4) is 0 Å². The zero-order valence-corrected chi connectivity index (χ0v) is 14.4. The standard InChI is InChI=1S/C19H20N2OS/c1-12-4-9-17(13(2)10-12)18-14(3)23-19(22)21(18)11-15-5-7-16(20)8-6-15/h4-10H,11,20H2,1-3H3. The molecule has 2 N–H and O–H groups in total. The average Bonchev–Trinajstić information content (AvgIpc) is 2.76. The smallest absolute Gasteiger partial charge is 0.308 e. The predicted octanol–water partition coefficient (Wildman–Crippen LogP) is 4.13. The lowest BCUT2D eigenvalue weighted by Gasteiger charge is -2.12. The summed E-state index contributed by atoms with van der Waals surface area (Å²) in [5.74, 6) is 0. The second-order valence-electron chi connectivity index (χ2n) is 5.92. The first-order chi connectivity index (χ1) is 11.0. The summed E-state index contributed by atoms with van der Waals surface area (Å²) in [5.41, 5.74) is 12.1. The van der Waals surface area contributed by atoms with Gasteiger partial charge in [0.1, 0.15) is 0 Å². The highest BCUT2D eigenvalue weighted by molar-refractivity contribution is 7.09. The molecule has 3 rings (SSSR count). The Balaban J connectivity index is 2.11. The molecule has 0 aliphatic rings. The predicted molar refractivity (Wildman–Crippen MR) is 98.2 cm³/mol. The fraction of sp³-hybridized carbons (Fsp3) is 0.211. The van der Waals surface area contributed by atoms with Gasteiger partial charge in [-0.1, -0.05) is 47.2 Å². The molecule has 0 fully saturated rings. The fourth-order valence-electron chi connectivity index (χ4n) is 2.88. The molecular formula is C19H20N2OS. The van der Waals surface area contributed by atoms with Crippen LogP contribution >= 0.6 is 11.3 Å². The van der Waals surface area contributed by atoms with Crippen LogP contribution in [-0.4, -0.2) is 4.57 Å². The van der Waals surface area contributed by atoms with E-state index >= 15 is 0 Å². The van der Waals surface area contributed by atoms with E-state index in [0.29, 0.717) is 6.54 Å². The van der Waals surface area contributed by atoms with Crippen LogP contribution in [0.25, 0.3) is 11.3 Å². The molecule has 3 nitrogen and oxygen atoms in total. The minimum atomic E-state index is 0.0781. The number of nitrogens with zero attached hydrogens (tertiary/aromatic N) is 1. The third-order valence-corrected chi connectivity index (χ3v) is 4.92. The van der Waals surface area contributed by atoms with Crippen molar-refractivity contribution in [3.8, 4) is 11.3 Å². The van der Waals surface area contributed by atoms with Crippen molar-refractivity contribution in [2.45, 2.75) is 27.3 Å². The van der Waals surface area contributed by atoms with Gasteiger partial charge >= 0.3 is 4.87 Å². The minimum Gasteiger partial charge on any atom is -0.399 e. The van der Waals surface area contributed by atoms with E-state index < -0.39 is 0 Å². The number of aryl methyl sites for hydroxylation is 3. The van der Waals surface area contributed by atoms with E-state index in [4.69, 9.17) is 5.73 Å². The molecule has 1 heterocycles. The SMILES string of the molecule is Cc1ccc(-c2c(C)sc(=O)n2Cc2ccc(N)cc2)c(C)c1. The molecule has 0 atom stereocenters. The van der Waals surface area contributed by atoms with Gasteiger partial charge in [0.2, 0.25) is 0 Å². The van der Waals surface area contributed by atoms with Gasteiger partial charge in [-0.05, 0) is 44.0 Å². The number of nitrogens with two attached hydrogens (primary N) is 1. The molecule has 0 saturated carbocycles. The molecule has 3 aromatic rings. The van der Waals surface area contributed by atoms with Gasteiger partial charge in [-0.15, -0.1) is 0 Å². The highest BCUT2D eigenvalue weighted by Gasteiger charge is 2.15. The van der Waals surface area contributed by atoms with Gasteiger partial charge in [0, 0.05) is 16.1 Å². The van der Waals surface area contributed by atoms with Crippen molar-refractivity contribution in [2.75, 3.05) is 5.73 Å². The molecule has 0 spiro atoms. The zero-order chi connectivity index (χ0) is 16.6. The van der Waals surface area contributed by atoms with Crippen molar-refractivity contribution >= 4 is 17.0 Å². The Morgan fingerprint density at radius 1 is 1.04 bits per heavy atom. The summed E-state index contributed by atoms with van der Waals surface area (Å²) in [7, 11) is 0. The van der Waals surface area contributed by atoms with Crippen molar-refractivity contribution < 1.29 is 0 Å². The van der Waals surface area contributed by atoms with Crippen LogP contribution in [0.15, 0.2) is 47.3 Å². The van der Waals surface area contributed by atoms with E-state index in [9.17, 15) is 4.79 Å². The van der Waals surface area contributed by atoms with E-state index in [2.05, 4.69) is 32.0 Å². The topological polar surface area (TPSA) is 48.0 Å². The maximum atomic E-state index is 12.4. The normalized spacial score (nSPS) is 10.9. The summed E-state index contributed by atoms with van der Waals surface area (Å²) in [5, 5.41) is 0. The third kappa shape index (κ3) is 3.08. The van der Waals surface area contributed by atoms with Crippen LogP contribution in [-0.2, 0) is 6.54 Å². The Morgan fingerprint density at radius 2 is 1.74 bits per heavy atom. The molecule has 118 valence electrons. The van der Waals surface area contributed by atoms with E-state index in [0.717, 1.165) is 27.4 Å². The van der Waals surface area contributed by atoms with Crippen molar-refractivity contribution in [1.82, 2.24) is 4.57 Å². The molecule has 0 saturated heterocycles. The second-order valence-corrected chi connectivity index (χ2v) is 7.08. The molecular weight excluding hydrogens is 304 g/mol. The first kappa shape index (κ1) is 15.6. The van der Waals surface area contributed by atoms with Crippen LogP contribution < -0.4 is 10.6 Å². The maximum absolute atomic E-state index is 12.4. The molecule has 0 aliphatic heterocycles. The fourth-order valence-corrected chi connectivity index (χ4v) is 3.72.